The van der Waals surface area contributed by atoms with Crippen molar-refractivity contribution in [3.63, 3.8) is 0 Å². The van der Waals surface area contributed by atoms with E-state index in [1.165, 1.54) is 23.1 Å². The molecule has 0 amide bonds. The fourth-order valence-corrected chi connectivity index (χ4v) is 4.11. The molecule has 0 bridgehead atoms. The molecule has 2 atom stereocenters. The van der Waals surface area contributed by atoms with Crippen molar-refractivity contribution < 1.29 is 4.74 Å². The molecule has 3 aliphatic heterocycles. The lowest BCUT2D eigenvalue weighted by Gasteiger charge is -2.24. The largest absolute Gasteiger partial charge is 0.492 e. The van der Waals surface area contributed by atoms with Gasteiger partial charge in [0.05, 0.1) is 12.6 Å². The summed E-state index contributed by atoms with van der Waals surface area (Å²) in [6.45, 7) is 7.17. The minimum atomic E-state index is 0.194. The SMILES string of the molecule is CNC1=NC(Nc2cc3c(c(C4=CCN(C)CCC4)c2)OCC3)=NC(C)C1C. The highest BCUT2D eigenvalue weighted by atomic mass is 16.5. The second-order valence-corrected chi connectivity index (χ2v) is 8.06. The van der Waals surface area contributed by atoms with Crippen LogP contribution in [0.3, 0.4) is 0 Å². The van der Waals surface area contributed by atoms with E-state index in [4.69, 9.17) is 9.73 Å². The van der Waals surface area contributed by atoms with Gasteiger partial charge in [0.15, 0.2) is 0 Å². The number of anilines is 1. The third-order valence-corrected chi connectivity index (χ3v) is 5.98. The van der Waals surface area contributed by atoms with Crippen molar-refractivity contribution in [3.8, 4) is 5.75 Å². The molecule has 1 aromatic rings. The maximum atomic E-state index is 6.01. The Hall–Kier alpha value is -2.34. The van der Waals surface area contributed by atoms with Gasteiger partial charge in [-0.15, -0.1) is 0 Å². The minimum Gasteiger partial charge on any atom is -0.492 e. The van der Waals surface area contributed by atoms with Gasteiger partial charge in [0, 0.05) is 42.7 Å². The van der Waals surface area contributed by atoms with Gasteiger partial charge in [-0.3, -0.25) is 0 Å². The molecule has 0 saturated carbocycles. The summed E-state index contributed by atoms with van der Waals surface area (Å²) >= 11 is 0. The molecule has 0 fully saturated rings. The van der Waals surface area contributed by atoms with E-state index in [0.717, 1.165) is 49.8 Å². The molecule has 0 spiro atoms. The van der Waals surface area contributed by atoms with Crippen molar-refractivity contribution in [1.29, 1.82) is 0 Å². The number of nitrogens with zero attached hydrogens (tertiary/aromatic N) is 3. The highest BCUT2D eigenvalue weighted by Crippen LogP contribution is 2.39. The monoisotopic (exact) mass is 381 g/mol. The van der Waals surface area contributed by atoms with E-state index >= 15 is 0 Å². The third-order valence-electron chi connectivity index (χ3n) is 5.98. The Morgan fingerprint density at radius 2 is 2.07 bits per heavy atom. The number of amidine groups is 1. The summed E-state index contributed by atoms with van der Waals surface area (Å²) in [5, 5.41) is 6.67. The third kappa shape index (κ3) is 3.78. The average Bonchev–Trinajstić information content (AvgIpc) is 3.04. The summed E-state index contributed by atoms with van der Waals surface area (Å²) in [7, 11) is 4.10. The van der Waals surface area contributed by atoms with Crippen LogP contribution in [0.25, 0.3) is 5.57 Å². The molecule has 1 aromatic carbocycles. The maximum Gasteiger partial charge on any atom is 0.224 e. The molecule has 3 heterocycles. The van der Waals surface area contributed by atoms with E-state index in [9.17, 15) is 0 Å². The second kappa shape index (κ2) is 7.95. The number of nitrogens with one attached hydrogen (secondary N) is 2. The van der Waals surface area contributed by atoms with Gasteiger partial charge in [0.25, 0.3) is 0 Å². The molecule has 2 unspecified atom stereocenters. The number of aliphatic imine (C=N–C) groups is 2. The molecule has 0 radical (unpaired) electrons. The summed E-state index contributed by atoms with van der Waals surface area (Å²) < 4.78 is 6.01. The molecule has 0 aliphatic carbocycles. The van der Waals surface area contributed by atoms with Gasteiger partial charge in [-0.1, -0.05) is 13.0 Å². The number of rotatable bonds is 2. The lowest BCUT2D eigenvalue weighted by Crippen LogP contribution is -2.37. The van der Waals surface area contributed by atoms with E-state index in [1.54, 1.807) is 0 Å². The number of likely N-dealkylation sites (N-methyl/N-ethyl adjacent to an activating group) is 1. The van der Waals surface area contributed by atoms with Gasteiger partial charge in [-0.05, 0) is 51.1 Å². The first kappa shape index (κ1) is 19.0. The number of hydrogen-bond acceptors (Lipinski definition) is 6. The Morgan fingerprint density at radius 1 is 1.21 bits per heavy atom. The van der Waals surface area contributed by atoms with Crippen molar-refractivity contribution in [2.45, 2.75) is 39.2 Å². The molecular formula is C22H31N5O. The van der Waals surface area contributed by atoms with Crippen LogP contribution in [-0.2, 0) is 6.42 Å². The van der Waals surface area contributed by atoms with Gasteiger partial charge in [-0.25, -0.2) is 9.98 Å². The van der Waals surface area contributed by atoms with Crippen LogP contribution in [0.1, 0.15) is 37.8 Å². The van der Waals surface area contributed by atoms with Gasteiger partial charge in [0.2, 0.25) is 5.96 Å². The number of guanidine groups is 1. The van der Waals surface area contributed by atoms with Crippen molar-refractivity contribution in [3.05, 3.63) is 29.3 Å². The van der Waals surface area contributed by atoms with Crippen LogP contribution in [0.15, 0.2) is 28.2 Å². The molecule has 4 rings (SSSR count). The van der Waals surface area contributed by atoms with Crippen LogP contribution in [0.4, 0.5) is 5.69 Å². The molecule has 0 aromatic heterocycles. The summed E-state index contributed by atoms with van der Waals surface area (Å²) in [5.41, 5.74) is 4.92. The predicted molar refractivity (Wildman–Crippen MR) is 117 cm³/mol. The first-order chi connectivity index (χ1) is 13.5. The van der Waals surface area contributed by atoms with E-state index in [2.05, 4.69) is 59.6 Å². The summed E-state index contributed by atoms with van der Waals surface area (Å²) in [5.74, 6) is 3.01. The fraction of sp³-hybridized carbons (Fsp3) is 0.545. The first-order valence-corrected chi connectivity index (χ1v) is 10.3. The lowest BCUT2D eigenvalue weighted by atomic mass is 9.97. The highest BCUT2D eigenvalue weighted by molar-refractivity contribution is 6.05. The maximum absolute atomic E-state index is 6.01. The molecule has 0 saturated heterocycles. The Labute approximate surface area is 167 Å². The van der Waals surface area contributed by atoms with E-state index in [1.807, 2.05) is 7.05 Å². The van der Waals surface area contributed by atoms with Gasteiger partial charge in [-0.2, -0.15) is 0 Å². The van der Waals surface area contributed by atoms with Crippen LogP contribution in [-0.4, -0.2) is 56.5 Å². The quantitative estimate of drug-likeness (QED) is 0.826. The Kier molecular flexibility index (Phi) is 5.40. The van der Waals surface area contributed by atoms with Gasteiger partial charge >= 0.3 is 0 Å². The topological polar surface area (TPSA) is 61.2 Å². The minimum absolute atomic E-state index is 0.194. The van der Waals surface area contributed by atoms with Crippen molar-refractivity contribution in [2.75, 3.05) is 39.1 Å². The summed E-state index contributed by atoms with van der Waals surface area (Å²) in [6.07, 6.45) is 5.57. The summed E-state index contributed by atoms with van der Waals surface area (Å²) in [6, 6.07) is 4.59. The van der Waals surface area contributed by atoms with E-state index in [0.29, 0.717) is 11.9 Å². The van der Waals surface area contributed by atoms with Crippen molar-refractivity contribution >= 4 is 23.1 Å². The molecule has 6 heteroatoms. The van der Waals surface area contributed by atoms with Crippen LogP contribution in [0.2, 0.25) is 0 Å². The number of allylic oxidation sites excluding steroid dienone is 1. The van der Waals surface area contributed by atoms with Crippen LogP contribution < -0.4 is 15.4 Å². The van der Waals surface area contributed by atoms with Crippen LogP contribution in [0.5, 0.6) is 5.75 Å². The van der Waals surface area contributed by atoms with Crippen molar-refractivity contribution in [1.82, 2.24) is 10.2 Å². The van der Waals surface area contributed by atoms with E-state index < -0.39 is 0 Å². The number of hydrogen-bond donors (Lipinski definition) is 2. The Balaban J connectivity index is 1.66. The zero-order chi connectivity index (χ0) is 19.7. The standard InChI is InChI=1S/C22H31N5O/c1-14-15(2)24-22(26-21(14)23-3)25-18-12-17-8-11-28-20(17)19(13-18)16-6-5-9-27(4)10-7-16/h7,12-15H,5-6,8-11H2,1-4H3,(H2,23,24,25,26). The van der Waals surface area contributed by atoms with Crippen molar-refractivity contribution in [2.24, 2.45) is 15.9 Å². The van der Waals surface area contributed by atoms with Gasteiger partial charge in [0.1, 0.15) is 11.6 Å². The molecule has 28 heavy (non-hydrogen) atoms. The average molecular weight is 382 g/mol. The fourth-order valence-electron chi connectivity index (χ4n) is 4.11. The molecule has 3 aliphatic rings. The highest BCUT2D eigenvalue weighted by Gasteiger charge is 2.24. The molecule has 2 N–H and O–H groups in total. The first-order valence-electron chi connectivity index (χ1n) is 10.3. The normalized spacial score (nSPS) is 25.1. The van der Waals surface area contributed by atoms with Crippen LogP contribution >= 0.6 is 0 Å². The second-order valence-electron chi connectivity index (χ2n) is 8.06. The number of fused-ring (bicyclic) bond motifs is 1. The lowest BCUT2D eigenvalue weighted by molar-refractivity contribution is 0.356. The zero-order valence-corrected chi connectivity index (χ0v) is 17.4. The summed E-state index contributed by atoms with van der Waals surface area (Å²) in [4.78, 5) is 11.8. The Bertz CT molecular complexity index is 842. The number of benzene rings is 1. The van der Waals surface area contributed by atoms with Gasteiger partial charge < -0.3 is 20.3 Å². The Morgan fingerprint density at radius 3 is 2.89 bits per heavy atom. The molecular weight excluding hydrogens is 350 g/mol. The smallest absolute Gasteiger partial charge is 0.224 e. The van der Waals surface area contributed by atoms with E-state index in [-0.39, 0.29) is 6.04 Å². The number of ether oxygens (including phenoxy) is 1. The predicted octanol–water partition coefficient (Wildman–Crippen LogP) is 3.15. The molecule has 6 nitrogen and oxygen atoms in total. The zero-order valence-electron chi connectivity index (χ0n) is 17.4. The van der Waals surface area contributed by atoms with Crippen LogP contribution in [0, 0.1) is 5.92 Å². The molecule has 150 valence electrons.